The van der Waals surface area contributed by atoms with Crippen LogP contribution in [0.1, 0.15) is 0 Å². The van der Waals surface area contributed by atoms with E-state index in [9.17, 15) is 4.39 Å². The molecule has 5 aromatic heterocycles. The molecular weight excluding hydrogens is 549 g/mol. The lowest BCUT2D eigenvalue weighted by Gasteiger charge is -2.12. The average molecular weight is 582 g/mol. The molecule has 0 spiro atoms. The highest BCUT2D eigenvalue weighted by Gasteiger charge is 2.18. The first-order chi connectivity index (χ1) is 20.8. The zero-order valence-electron chi connectivity index (χ0n) is 24.4. The number of imidazole rings is 1. The molecular formula is C31H32FN9O2. The van der Waals surface area contributed by atoms with Crippen molar-refractivity contribution in [3.63, 3.8) is 0 Å². The largest absolute Gasteiger partial charge is 0.492 e. The number of fused-ring (bicyclic) bond motifs is 2. The van der Waals surface area contributed by atoms with Crippen molar-refractivity contribution >= 4 is 22.2 Å². The molecule has 0 amide bonds. The van der Waals surface area contributed by atoms with Crippen molar-refractivity contribution < 1.29 is 13.9 Å². The molecule has 0 fully saturated rings. The number of hydrogen-bond acceptors (Lipinski definition) is 9. The number of nitrogens with one attached hydrogen (secondary N) is 2. The molecule has 1 aromatic carbocycles. The van der Waals surface area contributed by atoms with Crippen molar-refractivity contribution in [3.05, 3.63) is 66.9 Å². The third-order valence-electron chi connectivity index (χ3n) is 6.83. The Labute approximate surface area is 247 Å². The number of H-pyrrole nitrogens is 2. The van der Waals surface area contributed by atoms with Crippen molar-refractivity contribution in [1.29, 1.82) is 0 Å². The van der Waals surface area contributed by atoms with E-state index in [1.165, 1.54) is 12.1 Å². The first-order valence-electron chi connectivity index (χ1n) is 13.9. The van der Waals surface area contributed by atoms with Crippen molar-refractivity contribution in [2.75, 3.05) is 54.5 Å². The third kappa shape index (κ3) is 6.30. The fourth-order valence-electron chi connectivity index (χ4n) is 4.62. The van der Waals surface area contributed by atoms with Gasteiger partial charge in [-0.3, -0.25) is 10.1 Å². The van der Waals surface area contributed by atoms with E-state index >= 15 is 0 Å². The van der Waals surface area contributed by atoms with Gasteiger partial charge in [0, 0.05) is 42.7 Å². The number of likely N-dealkylation sites (N-methyl/N-ethyl adjacent to an activating group) is 2. The quantitative estimate of drug-likeness (QED) is 0.225. The standard InChI is InChI=1S/C31H32FN9O2/c1-40(2)9-11-42-22-14-19(13-21(32)16-22)24-7-8-34-30-27(24)36-31(37-30)29-28-26(38-39-29)6-5-25(35-28)20-15-23(18-33-17-20)43-12-10-41(3)4/h5-8,13-18H,9-12H2,1-4H3,(H,38,39)(H,34,36,37). The van der Waals surface area contributed by atoms with E-state index in [1.807, 2.05) is 63.4 Å². The van der Waals surface area contributed by atoms with Gasteiger partial charge in [-0.2, -0.15) is 5.10 Å². The Morgan fingerprint density at radius 2 is 1.60 bits per heavy atom. The van der Waals surface area contributed by atoms with Gasteiger partial charge in [-0.05, 0) is 70.2 Å². The molecule has 0 aliphatic rings. The Hall–Kier alpha value is -4.94. The summed E-state index contributed by atoms with van der Waals surface area (Å²) in [5.41, 5.74) is 5.99. The molecule has 220 valence electrons. The van der Waals surface area contributed by atoms with Gasteiger partial charge < -0.3 is 24.3 Å². The lowest BCUT2D eigenvalue weighted by molar-refractivity contribution is 0.260. The molecule has 12 heteroatoms. The minimum absolute atomic E-state index is 0.390. The van der Waals surface area contributed by atoms with Gasteiger partial charge in [-0.25, -0.2) is 19.3 Å². The van der Waals surface area contributed by atoms with E-state index in [2.05, 4.69) is 30.0 Å². The summed E-state index contributed by atoms with van der Waals surface area (Å²) in [7, 11) is 7.92. The second-order valence-electron chi connectivity index (χ2n) is 10.7. The molecule has 6 aromatic rings. The van der Waals surface area contributed by atoms with Crippen LogP contribution in [0.15, 0.2) is 61.1 Å². The predicted octanol–water partition coefficient (Wildman–Crippen LogP) is 4.65. The topological polar surface area (TPSA) is 121 Å². The fourth-order valence-corrected chi connectivity index (χ4v) is 4.62. The van der Waals surface area contributed by atoms with Gasteiger partial charge in [0.05, 0.1) is 22.9 Å². The van der Waals surface area contributed by atoms with E-state index in [-0.39, 0.29) is 0 Å². The Balaban J connectivity index is 1.33. The molecule has 0 radical (unpaired) electrons. The minimum Gasteiger partial charge on any atom is -0.492 e. The molecule has 0 unspecified atom stereocenters. The molecule has 0 saturated heterocycles. The second-order valence-corrected chi connectivity index (χ2v) is 10.7. The number of ether oxygens (including phenoxy) is 2. The molecule has 0 saturated carbocycles. The Morgan fingerprint density at radius 1 is 0.837 bits per heavy atom. The number of aromatic nitrogens is 7. The Bertz CT molecular complexity index is 1880. The number of benzene rings is 1. The average Bonchev–Trinajstić information content (AvgIpc) is 3.60. The highest BCUT2D eigenvalue weighted by atomic mass is 19.1. The van der Waals surface area contributed by atoms with Crippen LogP contribution in [0, 0.1) is 5.82 Å². The van der Waals surface area contributed by atoms with E-state index in [1.54, 1.807) is 18.6 Å². The summed E-state index contributed by atoms with van der Waals surface area (Å²) in [5.74, 6) is 1.23. The number of rotatable bonds is 11. The van der Waals surface area contributed by atoms with Gasteiger partial charge in [-0.15, -0.1) is 0 Å². The lowest BCUT2D eigenvalue weighted by atomic mass is 10.1. The van der Waals surface area contributed by atoms with Crippen molar-refractivity contribution in [3.8, 4) is 45.4 Å². The van der Waals surface area contributed by atoms with E-state index < -0.39 is 5.82 Å². The predicted molar refractivity (Wildman–Crippen MR) is 163 cm³/mol. The number of nitrogens with zero attached hydrogens (tertiary/aromatic N) is 7. The molecule has 11 nitrogen and oxygen atoms in total. The second kappa shape index (κ2) is 12.1. The third-order valence-corrected chi connectivity index (χ3v) is 6.83. The molecule has 0 bridgehead atoms. The number of hydrogen-bond donors (Lipinski definition) is 2. The van der Waals surface area contributed by atoms with Crippen LogP contribution < -0.4 is 9.47 Å². The summed E-state index contributed by atoms with van der Waals surface area (Å²) < 4.78 is 26.3. The maximum atomic E-state index is 14.6. The minimum atomic E-state index is -0.390. The summed E-state index contributed by atoms with van der Waals surface area (Å²) in [4.78, 5) is 25.8. The smallest absolute Gasteiger partial charge is 0.178 e. The van der Waals surface area contributed by atoms with Crippen LogP contribution in [0.2, 0.25) is 0 Å². The van der Waals surface area contributed by atoms with Crippen LogP contribution in [-0.4, -0.2) is 99.4 Å². The van der Waals surface area contributed by atoms with Crippen LogP contribution in [0.4, 0.5) is 4.39 Å². The maximum Gasteiger partial charge on any atom is 0.178 e. The van der Waals surface area contributed by atoms with E-state index in [0.29, 0.717) is 58.5 Å². The Morgan fingerprint density at radius 3 is 2.40 bits per heavy atom. The lowest BCUT2D eigenvalue weighted by Crippen LogP contribution is -2.19. The highest BCUT2D eigenvalue weighted by molar-refractivity contribution is 5.95. The van der Waals surface area contributed by atoms with Gasteiger partial charge >= 0.3 is 0 Å². The van der Waals surface area contributed by atoms with Crippen molar-refractivity contribution in [2.24, 2.45) is 0 Å². The number of pyridine rings is 3. The summed E-state index contributed by atoms with van der Waals surface area (Å²) in [6.45, 7) is 2.51. The maximum absolute atomic E-state index is 14.6. The van der Waals surface area contributed by atoms with E-state index in [0.717, 1.165) is 35.4 Å². The number of halogens is 1. The van der Waals surface area contributed by atoms with Crippen LogP contribution in [0.25, 0.3) is 56.1 Å². The molecule has 5 heterocycles. The zero-order chi connectivity index (χ0) is 29.9. The van der Waals surface area contributed by atoms with Crippen LogP contribution in [0.5, 0.6) is 11.5 Å². The molecule has 0 aliphatic heterocycles. The molecule has 2 N–H and O–H groups in total. The van der Waals surface area contributed by atoms with Crippen molar-refractivity contribution in [2.45, 2.75) is 0 Å². The first kappa shape index (κ1) is 28.2. The van der Waals surface area contributed by atoms with Gasteiger partial charge in [0.2, 0.25) is 0 Å². The van der Waals surface area contributed by atoms with Crippen LogP contribution in [0.3, 0.4) is 0 Å². The molecule has 6 rings (SSSR count). The van der Waals surface area contributed by atoms with Crippen LogP contribution >= 0.6 is 0 Å². The first-order valence-corrected chi connectivity index (χ1v) is 13.9. The summed E-state index contributed by atoms with van der Waals surface area (Å²) >= 11 is 0. The van der Waals surface area contributed by atoms with Crippen molar-refractivity contribution in [1.82, 2.24) is 44.9 Å². The van der Waals surface area contributed by atoms with Gasteiger partial charge in [0.1, 0.15) is 36.0 Å². The summed E-state index contributed by atoms with van der Waals surface area (Å²) in [5, 5.41) is 7.55. The van der Waals surface area contributed by atoms with Gasteiger partial charge in [-0.1, -0.05) is 0 Å². The van der Waals surface area contributed by atoms with Gasteiger partial charge in [0.15, 0.2) is 17.2 Å². The molecule has 0 atom stereocenters. The van der Waals surface area contributed by atoms with Gasteiger partial charge in [0.25, 0.3) is 0 Å². The zero-order valence-corrected chi connectivity index (χ0v) is 24.4. The fraction of sp³-hybridized carbons (Fsp3) is 0.258. The normalized spacial score (nSPS) is 11.7. The highest BCUT2D eigenvalue weighted by Crippen LogP contribution is 2.33. The molecule has 43 heavy (non-hydrogen) atoms. The number of aromatic amines is 2. The monoisotopic (exact) mass is 581 g/mol. The Kier molecular flexibility index (Phi) is 7.95. The van der Waals surface area contributed by atoms with Crippen LogP contribution in [-0.2, 0) is 0 Å². The molecule has 0 aliphatic carbocycles. The summed E-state index contributed by atoms with van der Waals surface area (Å²) in [6, 6.07) is 12.2. The summed E-state index contributed by atoms with van der Waals surface area (Å²) in [6.07, 6.45) is 5.10. The SMILES string of the molecule is CN(C)CCOc1cncc(-c2ccc3[nH]nc(-c4nc5nccc(-c6cc(F)cc(OCCN(C)C)c6)c5[nH]4)c3n2)c1. The van der Waals surface area contributed by atoms with E-state index in [4.69, 9.17) is 19.4 Å².